The van der Waals surface area contributed by atoms with Crippen molar-refractivity contribution in [2.75, 3.05) is 6.54 Å². The van der Waals surface area contributed by atoms with Crippen LogP contribution in [0.5, 0.6) is 0 Å². The van der Waals surface area contributed by atoms with E-state index in [1.807, 2.05) is 0 Å². The maximum absolute atomic E-state index is 12.4. The first-order valence-corrected chi connectivity index (χ1v) is 3.94. The zero-order valence-corrected chi connectivity index (χ0v) is 7.25. The van der Waals surface area contributed by atoms with Gasteiger partial charge >= 0.3 is 6.18 Å². The predicted octanol–water partition coefficient (Wildman–Crippen LogP) is 2.07. The molecule has 0 spiro atoms. The Balaban J connectivity index is 3.10. The first-order valence-electron chi connectivity index (χ1n) is 3.94. The molecule has 0 aliphatic heterocycles. The van der Waals surface area contributed by atoms with Gasteiger partial charge in [0.1, 0.15) is 0 Å². The first-order chi connectivity index (χ1) is 6.55. The van der Waals surface area contributed by atoms with E-state index in [-0.39, 0.29) is 12.2 Å². The van der Waals surface area contributed by atoms with Crippen molar-refractivity contribution in [1.29, 1.82) is 0 Å². The minimum Gasteiger partial charge on any atom is -0.327 e. The highest BCUT2D eigenvalue weighted by atomic mass is 19.4. The van der Waals surface area contributed by atoms with Crippen molar-refractivity contribution in [2.45, 2.75) is 6.18 Å². The van der Waals surface area contributed by atoms with Gasteiger partial charge in [-0.3, -0.25) is 4.98 Å². The fourth-order valence-corrected chi connectivity index (χ4v) is 0.970. The van der Waals surface area contributed by atoms with Crippen LogP contribution in [0.1, 0.15) is 11.3 Å². The second-order valence-corrected chi connectivity index (χ2v) is 2.57. The number of pyridine rings is 1. The van der Waals surface area contributed by atoms with Crippen LogP contribution in [0.3, 0.4) is 0 Å². The van der Waals surface area contributed by atoms with Crippen LogP contribution in [0.25, 0.3) is 6.08 Å². The van der Waals surface area contributed by atoms with E-state index in [1.165, 1.54) is 24.4 Å². The highest BCUT2D eigenvalue weighted by Gasteiger charge is 2.32. The molecule has 0 amide bonds. The molecule has 0 radical (unpaired) electrons. The van der Waals surface area contributed by atoms with Crippen molar-refractivity contribution in [3.05, 3.63) is 35.7 Å². The lowest BCUT2D eigenvalue weighted by Gasteiger charge is -2.08. The largest absolute Gasteiger partial charge is 0.418 e. The van der Waals surface area contributed by atoms with Crippen LogP contribution < -0.4 is 5.73 Å². The molecule has 76 valence electrons. The van der Waals surface area contributed by atoms with Gasteiger partial charge in [0, 0.05) is 12.7 Å². The maximum Gasteiger partial charge on any atom is 0.418 e. The van der Waals surface area contributed by atoms with Crippen LogP contribution in [0.15, 0.2) is 24.4 Å². The summed E-state index contributed by atoms with van der Waals surface area (Å²) in [5.41, 5.74) is 4.29. The zero-order chi connectivity index (χ0) is 10.6. The smallest absolute Gasteiger partial charge is 0.327 e. The Labute approximate surface area is 79.3 Å². The van der Waals surface area contributed by atoms with E-state index in [0.717, 1.165) is 6.07 Å². The van der Waals surface area contributed by atoms with E-state index in [0.29, 0.717) is 0 Å². The van der Waals surface area contributed by atoms with Crippen molar-refractivity contribution in [2.24, 2.45) is 5.73 Å². The van der Waals surface area contributed by atoms with Crippen molar-refractivity contribution < 1.29 is 13.2 Å². The number of halogens is 3. The van der Waals surface area contributed by atoms with Crippen LogP contribution in [0.2, 0.25) is 0 Å². The molecule has 2 N–H and O–H groups in total. The van der Waals surface area contributed by atoms with Gasteiger partial charge in [0.2, 0.25) is 0 Å². The van der Waals surface area contributed by atoms with Gasteiger partial charge in [0.25, 0.3) is 0 Å². The first kappa shape index (κ1) is 10.7. The zero-order valence-electron chi connectivity index (χ0n) is 7.25. The second kappa shape index (κ2) is 4.23. The number of rotatable bonds is 2. The second-order valence-electron chi connectivity index (χ2n) is 2.57. The lowest BCUT2D eigenvalue weighted by atomic mass is 10.2. The minimum atomic E-state index is -4.37. The molecule has 0 saturated carbocycles. The SMILES string of the molecule is NCC=Cc1ncccc1C(F)(F)F. The average molecular weight is 202 g/mol. The molecule has 1 aromatic heterocycles. The molecule has 1 heterocycles. The lowest BCUT2D eigenvalue weighted by molar-refractivity contribution is -0.138. The van der Waals surface area contributed by atoms with E-state index >= 15 is 0 Å². The summed E-state index contributed by atoms with van der Waals surface area (Å²) in [5, 5.41) is 0. The summed E-state index contributed by atoms with van der Waals surface area (Å²) in [7, 11) is 0. The molecule has 0 saturated heterocycles. The molecule has 0 aliphatic rings. The normalized spacial score (nSPS) is 12.3. The van der Waals surface area contributed by atoms with E-state index in [2.05, 4.69) is 4.98 Å². The van der Waals surface area contributed by atoms with Gasteiger partial charge in [-0.25, -0.2) is 0 Å². The van der Waals surface area contributed by atoms with Crippen molar-refractivity contribution in [3.8, 4) is 0 Å². The Bertz CT molecular complexity index is 331. The monoisotopic (exact) mass is 202 g/mol. The van der Waals surface area contributed by atoms with E-state index in [4.69, 9.17) is 5.73 Å². The summed E-state index contributed by atoms with van der Waals surface area (Å²) >= 11 is 0. The van der Waals surface area contributed by atoms with Gasteiger partial charge in [-0.1, -0.05) is 6.08 Å². The Morgan fingerprint density at radius 2 is 2.14 bits per heavy atom. The topological polar surface area (TPSA) is 38.9 Å². The number of hydrogen-bond acceptors (Lipinski definition) is 2. The average Bonchev–Trinajstić information content (AvgIpc) is 2.14. The molecule has 2 nitrogen and oxygen atoms in total. The standard InChI is InChI=1S/C9H9F3N2/c10-9(11,12)7-3-2-6-14-8(7)4-1-5-13/h1-4,6H,5,13H2. The van der Waals surface area contributed by atoms with Crippen LogP contribution in [-0.4, -0.2) is 11.5 Å². The van der Waals surface area contributed by atoms with Crippen molar-refractivity contribution in [1.82, 2.24) is 4.98 Å². The third-order valence-corrected chi connectivity index (χ3v) is 1.56. The predicted molar refractivity (Wildman–Crippen MR) is 47.3 cm³/mol. The molecule has 0 atom stereocenters. The highest BCUT2D eigenvalue weighted by molar-refractivity contribution is 5.50. The number of aromatic nitrogens is 1. The molecule has 0 bridgehead atoms. The van der Waals surface area contributed by atoms with E-state index in [1.54, 1.807) is 0 Å². The minimum absolute atomic E-state index is 0.106. The van der Waals surface area contributed by atoms with Crippen molar-refractivity contribution in [3.63, 3.8) is 0 Å². The summed E-state index contributed by atoms with van der Waals surface area (Å²) in [6, 6.07) is 2.24. The quantitative estimate of drug-likeness (QED) is 0.797. The molecule has 0 fully saturated rings. The van der Waals surface area contributed by atoms with Crippen molar-refractivity contribution >= 4 is 6.08 Å². The Morgan fingerprint density at radius 1 is 1.43 bits per heavy atom. The summed E-state index contributed by atoms with van der Waals surface area (Å²) < 4.78 is 37.1. The van der Waals surface area contributed by atoms with E-state index < -0.39 is 11.7 Å². The Morgan fingerprint density at radius 3 is 2.71 bits per heavy atom. The van der Waals surface area contributed by atoms with Crippen LogP contribution >= 0.6 is 0 Å². The van der Waals surface area contributed by atoms with E-state index in [9.17, 15) is 13.2 Å². The van der Waals surface area contributed by atoms with Crippen LogP contribution in [0, 0.1) is 0 Å². The van der Waals surface area contributed by atoms with Gasteiger partial charge in [-0.05, 0) is 18.2 Å². The summed E-state index contributed by atoms with van der Waals surface area (Å²) in [5.74, 6) is 0. The molecular formula is C9H9F3N2. The molecule has 0 aliphatic carbocycles. The fraction of sp³-hybridized carbons (Fsp3) is 0.222. The fourth-order valence-electron chi connectivity index (χ4n) is 0.970. The summed E-state index contributed by atoms with van der Waals surface area (Å²) in [4.78, 5) is 3.62. The molecule has 5 heteroatoms. The molecule has 0 unspecified atom stereocenters. The van der Waals surface area contributed by atoms with Gasteiger partial charge in [0.15, 0.2) is 0 Å². The van der Waals surface area contributed by atoms with Gasteiger partial charge in [-0.15, -0.1) is 0 Å². The van der Waals surface area contributed by atoms with Crippen LogP contribution in [-0.2, 0) is 6.18 Å². The van der Waals surface area contributed by atoms with Gasteiger partial charge < -0.3 is 5.73 Å². The Kier molecular flexibility index (Phi) is 3.24. The molecule has 1 aromatic rings. The number of hydrogen-bond donors (Lipinski definition) is 1. The Hall–Kier alpha value is -1.36. The maximum atomic E-state index is 12.4. The summed E-state index contributed by atoms with van der Waals surface area (Å²) in [6.07, 6.45) is -0.367. The lowest BCUT2D eigenvalue weighted by Crippen LogP contribution is -2.08. The highest BCUT2D eigenvalue weighted by Crippen LogP contribution is 2.31. The third-order valence-electron chi connectivity index (χ3n) is 1.56. The third kappa shape index (κ3) is 2.56. The molecule has 1 rings (SSSR count). The number of nitrogens with zero attached hydrogens (tertiary/aromatic N) is 1. The summed E-state index contributed by atoms with van der Waals surface area (Å²) in [6.45, 7) is 0.188. The molecule has 14 heavy (non-hydrogen) atoms. The van der Waals surface area contributed by atoms with Gasteiger partial charge in [-0.2, -0.15) is 13.2 Å². The molecular weight excluding hydrogens is 193 g/mol. The van der Waals surface area contributed by atoms with Gasteiger partial charge in [0.05, 0.1) is 11.3 Å². The molecule has 0 aromatic carbocycles. The number of alkyl halides is 3. The number of nitrogens with two attached hydrogens (primary N) is 1. The van der Waals surface area contributed by atoms with Crippen LogP contribution in [0.4, 0.5) is 13.2 Å².